The lowest BCUT2D eigenvalue weighted by atomic mass is 9.96. The third-order valence-corrected chi connectivity index (χ3v) is 4.08. The summed E-state index contributed by atoms with van der Waals surface area (Å²) in [7, 11) is 1.26. The van der Waals surface area contributed by atoms with Crippen molar-refractivity contribution in [2.75, 3.05) is 25.5 Å². The molecule has 0 aliphatic carbocycles. The number of halogens is 4. The molecule has 2 rings (SSSR count). The van der Waals surface area contributed by atoms with Crippen molar-refractivity contribution in [1.82, 2.24) is 4.90 Å². The van der Waals surface area contributed by atoms with Gasteiger partial charge in [0.1, 0.15) is 0 Å². The molecule has 9 heteroatoms. The molecule has 1 fully saturated rings. The highest BCUT2D eigenvalue weighted by Crippen LogP contribution is 2.36. The highest BCUT2D eigenvalue weighted by Gasteiger charge is 2.35. The Balaban J connectivity index is 2.05. The zero-order valence-corrected chi connectivity index (χ0v) is 13.6. The molecule has 0 unspecified atom stereocenters. The van der Waals surface area contributed by atoms with Gasteiger partial charge in [0.15, 0.2) is 0 Å². The summed E-state index contributed by atoms with van der Waals surface area (Å²) < 4.78 is 43.7. The predicted octanol–water partition coefficient (Wildman–Crippen LogP) is 3.78. The van der Waals surface area contributed by atoms with Crippen molar-refractivity contribution in [3.63, 3.8) is 0 Å². The van der Waals surface area contributed by atoms with Crippen molar-refractivity contribution in [3.05, 3.63) is 28.8 Å². The van der Waals surface area contributed by atoms with Crippen LogP contribution in [0.2, 0.25) is 5.02 Å². The predicted molar refractivity (Wildman–Crippen MR) is 81.8 cm³/mol. The Morgan fingerprint density at radius 1 is 1.29 bits per heavy atom. The first-order chi connectivity index (χ1) is 11.2. The third-order valence-electron chi connectivity index (χ3n) is 3.84. The van der Waals surface area contributed by atoms with Crippen LogP contribution in [0, 0.1) is 5.92 Å². The molecular weight excluding hydrogens is 349 g/mol. The largest absolute Gasteiger partial charge is 0.453 e. The van der Waals surface area contributed by atoms with E-state index < -0.39 is 29.7 Å². The molecule has 0 aromatic heterocycles. The van der Waals surface area contributed by atoms with E-state index in [9.17, 15) is 22.8 Å². The number of hydrogen-bond donors (Lipinski definition) is 1. The number of carbonyl (C=O) groups excluding carboxylic acids is 2. The zero-order valence-electron chi connectivity index (χ0n) is 12.8. The van der Waals surface area contributed by atoms with Crippen LogP contribution in [0.3, 0.4) is 0 Å². The molecule has 0 saturated carbocycles. The summed E-state index contributed by atoms with van der Waals surface area (Å²) in [5.74, 6) is -0.977. The Morgan fingerprint density at radius 2 is 1.92 bits per heavy atom. The Bertz CT molecular complexity index is 629. The molecule has 0 radical (unpaired) electrons. The van der Waals surface area contributed by atoms with Crippen LogP contribution in [0.15, 0.2) is 18.2 Å². The summed E-state index contributed by atoms with van der Waals surface area (Å²) in [6.45, 7) is 0.634. The number of methoxy groups -OCH3 is 1. The molecule has 1 aliphatic rings. The van der Waals surface area contributed by atoms with Gasteiger partial charge in [-0.05, 0) is 31.0 Å². The maximum absolute atomic E-state index is 13.0. The van der Waals surface area contributed by atoms with Crippen LogP contribution >= 0.6 is 11.6 Å². The normalized spacial score (nSPS) is 16.0. The monoisotopic (exact) mass is 364 g/mol. The van der Waals surface area contributed by atoms with Gasteiger partial charge in [0, 0.05) is 24.0 Å². The lowest BCUT2D eigenvalue weighted by Gasteiger charge is -2.30. The lowest BCUT2D eigenvalue weighted by molar-refractivity contribution is -0.137. The van der Waals surface area contributed by atoms with Gasteiger partial charge in [-0.15, -0.1) is 0 Å². The summed E-state index contributed by atoms with van der Waals surface area (Å²) in [5.41, 5.74) is -1.32. The Hall–Kier alpha value is -1.96. The van der Waals surface area contributed by atoms with Crippen LogP contribution in [0.25, 0.3) is 0 Å². The number of hydrogen-bond acceptors (Lipinski definition) is 3. The number of likely N-dealkylation sites (tertiary alicyclic amines) is 1. The molecule has 2 amide bonds. The lowest BCUT2D eigenvalue weighted by Crippen LogP contribution is -2.41. The number of rotatable bonds is 2. The fraction of sp³-hybridized carbons (Fsp3) is 0.467. The van der Waals surface area contributed by atoms with Gasteiger partial charge < -0.3 is 15.0 Å². The van der Waals surface area contributed by atoms with Gasteiger partial charge in [0.2, 0.25) is 5.91 Å². The Labute approximate surface area is 141 Å². The van der Waals surface area contributed by atoms with Gasteiger partial charge in [-0.2, -0.15) is 13.2 Å². The molecule has 0 atom stereocenters. The number of ether oxygens (including phenoxy) is 1. The van der Waals surface area contributed by atoms with E-state index in [0.717, 1.165) is 12.1 Å². The van der Waals surface area contributed by atoms with E-state index in [1.54, 1.807) is 0 Å². The average Bonchev–Trinajstić information content (AvgIpc) is 2.55. The number of nitrogens with zero attached hydrogens (tertiary/aromatic N) is 1. The van der Waals surface area contributed by atoms with Gasteiger partial charge in [0.25, 0.3) is 0 Å². The molecule has 5 nitrogen and oxygen atoms in total. The van der Waals surface area contributed by atoms with Crippen molar-refractivity contribution in [1.29, 1.82) is 0 Å². The van der Waals surface area contributed by atoms with Gasteiger partial charge in [0.05, 0.1) is 18.4 Å². The highest BCUT2D eigenvalue weighted by atomic mass is 35.5. The number of carbonyl (C=O) groups is 2. The number of amides is 2. The fourth-order valence-corrected chi connectivity index (χ4v) is 2.72. The quantitative estimate of drug-likeness (QED) is 0.869. The number of benzene rings is 1. The van der Waals surface area contributed by atoms with Crippen LogP contribution in [-0.4, -0.2) is 37.1 Å². The Kier molecular flexibility index (Phi) is 5.58. The van der Waals surface area contributed by atoms with Crippen LogP contribution < -0.4 is 5.32 Å². The molecule has 1 aliphatic heterocycles. The SMILES string of the molecule is COC(=O)N1CCC(C(=O)Nc2ccc(Cl)cc2C(F)(F)F)CC1. The number of nitrogens with one attached hydrogen (secondary N) is 1. The fourth-order valence-electron chi connectivity index (χ4n) is 2.55. The first-order valence-corrected chi connectivity index (χ1v) is 7.60. The summed E-state index contributed by atoms with van der Waals surface area (Å²) in [4.78, 5) is 25.1. The molecule has 1 aromatic carbocycles. The maximum Gasteiger partial charge on any atom is 0.418 e. The minimum Gasteiger partial charge on any atom is -0.453 e. The Morgan fingerprint density at radius 3 is 2.46 bits per heavy atom. The molecule has 1 aromatic rings. The first kappa shape index (κ1) is 18.4. The second kappa shape index (κ2) is 7.29. The maximum atomic E-state index is 13.0. The smallest absolute Gasteiger partial charge is 0.418 e. The van der Waals surface area contributed by atoms with Crippen LogP contribution in [0.4, 0.5) is 23.7 Å². The highest BCUT2D eigenvalue weighted by molar-refractivity contribution is 6.30. The van der Waals surface area contributed by atoms with Gasteiger partial charge in [-0.1, -0.05) is 11.6 Å². The third kappa shape index (κ3) is 4.31. The molecule has 0 bridgehead atoms. The molecular formula is C15H16ClF3N2O3. The minimum atomic E-state index is -4.62. The zero-order chi connectivity index (χ0) is 17.9. The van der Waals surface area contributed by atoms with E-state index >= 15 is 0 Å². The number of alkyl halides is 3. The van der Waals surface area contributed by atoms with E-state index in [0.29, 0.717) is 25.9 Å². The molecule has 24 heavy (non-hydrogen) atoms. The van der Waals surface area contributed by atoms with Gasteiger partial charge >= 0.3 is 12.3 Å². The van der Waals surface area contributed by atoms with E-state index in [2.05, 4.69) is 10.1 Å². The molecule has 1 N–H and O–H groups in total. The van der Waals surface area contributed by atoms with Crippen LogP contribution in [0.1, 0.15) is 18.4 Å². The van der Waals surface area contributed by atoms with E-state index in [-0.39, 0.29) is 10.7 Å². The summed E-state index contributed by atoms with van der Waals surface area (Å²) >= 11 is 5.61. The molecule has 1 saturated heterocycles. The molecule has 132 valence electrons. The number of anilines is 1. The second-order valence-electron chi connectivity index (χ2n) is 5.41. The van der Waals surface area contributed by atoms with E-state index in [1.807, 2.05) is 0 Å². The van der Waals surface area contributed by atoms with Crippen molar-refractivity contribution < 1.29 is 27.5 Å². The van der Waals surface area contributed by atoms with Gasteiger partial charge in [-0.25, -0.2) is 4.79 Å². The summed E-state index contributed by atoms with van der Waals surface area (Å²) in [5, 5.41) is 2.26. The topological polar surface area (TPSA) is 58.6 Å². The minimum absolute atomic E-state index is 0.0632. The molecule has 0 spiro atoms. The van der Waals surface area contributed by atoms with E-state index in [1.165, 1.54) is 18.1 Å². The van der Waals surface area contributed by atoms with Crippen molar-refractivity contribution in [3.8, 4) is 0 Å². The second-order valence-corrected chi connectivity index (χ2v) is 5.84. The van der Waals surface area contributed by atoms with Crippen LogP contribution in [-0.2, 0) is 15.7 Å². The number of piperidine rings is 1. The first-order valence-electron chi connectivity index (χ1n) is 7.23. The van der Waals surface area contributed by atoms with Crippen molar-refractivity contribution >= 4 is 29.3 Å². The standard InChI is InChI=1S/C15H16ClF3N2O3/c1-24-14(23)21-6-4-9(5-7-21)13(22)20-12-3-2-10(16)8-11(12)15(17,18)19/h2-3,8-9H,4-7H2,1H3,(H,20,22). The summed E-state index contributed by atoms with van der Waals surface area (Å²) in [6.07, 6.45) is -4.39. The molecule has 1 heterocycles. The van der Waals surface area contributed by atoms with Crippen molar-refractivity contribution in [2.45, 2.75) is 19.0 Å². The summed E-state index contributed by atoms with van der Waals surface area (Å²) in [6, 6.07) is 3.19. The van der Waals surface area contributed by atoms with Gasteiger partial charge in [-0.3, -0.25) is 4.79 Å². The van der Waals surface area contributed by atoms with Crippen LogP contribution in [0.5, 0.6) is 0 Å². The average molecular weight is 365 g/mol. The van der Waals surface area contributed by atoms with Crippen molar-refractivity contribution in [2.24, 2.45) is 5.92 Å². The van der Waals surface area contributed by atoms with E-state index in [4.69, 9.17) is 11.6 Å².